The number of rotatable bonds is 5. The molecule has 0 radical (unpaired) electrons. The van der Waals surface area contributed by atoms with Gasteiger partial charge in [-0.1, -0.05) is 43.3 Å². The summed E-state index contributed by atoms with van der Waals surface area (Å²) in [5.74, 6) is -0.921. The minimum atomic E-state index is -0.572. The van der Waals surface area contributed by atoms with E-state index in [0.29, 0.717) is 19.6 Å². The molecule has 1 atom stereocenters. The van der Waals surface area contributed by atoms with E-state index in [1.165, 1.54) is 19.2 Å². The lowest BCUT2D eigenvalue weighted by atomic mass is 10.1. The first-order valence-corrected chi connectivity index (χ1v) is 9.50. The third-order valence-corrected chi connectivity index (χ3v) is 5.14. The van der Waals surface area contributed by atoms with E-state index >= 15 is 0 Å². The summed E-state index contributed by atoms with van der Waals surface area (Å²) in [5.41, 5.74) is 1.24. The van der Waals surface area contributed by atoms with Crippen LogP contribution in [0.15, 0.2) is 48.5 Å². The minimum absolute atomic E-state index is 0.0252. The Morgan fingerprint density at radius 3 is 2.61 bits per heavy atom. The topological polar surface area (TPSA) is 49.9 Å². The molecule has 28 heavy (non-hydrogen) atoms. The molecule has 2 amide bonds. The highest BCUT2D eigenvalue weighted by molar-refractivity contribution is 5.97. The second-order valence-electron chi connectivity index (χ2n) is 6.89. The Kier molecular flexibility index (Phi) is 6.29. The number of para-hydroxylation sites is 1. The summed E-state index contributed by atoms with van der Waals surface area (Å²) >= 11 is 0. The first-order valence-electron chi connectivity index (χ1n) is 9.50. The SMILES string of the molecule is CCC1CN(C(=O)c2cccc(F)c2OC)CCC(=O)N1Cc1ccccc1. The predicted octanol–water partition coefficient (Wildman–Crippen LogP) is 3.49. The average Bonchev–Trinajstić information content (AvgIpc) is 2.87. The van der Waals surface area contributed by atoms with Crippen molar-refractivity contribution in [2.24, 2.45) is 0 Å². The van der Waals surface area contributed by atoms with E-state index in [1.54, 1.807) is 11.0 Å². The molecular formula is C22H25FN2O3. The molecule has 1 saturated heterocycles. The molecule has 0 bridgehead atoms. The number of nitrogens with zero attached hydrogens (tertiary/aromatic N) is 2. The van der Waals surface area contributed by atoms with Gasteiger partial charge in [-0.25, -0.2) is 4.39 Å². The zero-order chi connectivity index (χ0) is 20.1. The second kappa shape index (κ2) is 8.87. The summed E-state index contributed by atoms with van der Waals surface area (Å²) < 4.78 is 19.1. The second-order valence-corrected chi connectivity index (χ2v) is 6.89. The van der Waals surface area contributed by atoms with Crippen LogP contribution in [0, 0.1) is 5.82 Å². The van der Waals surface area contributed by atoms with Gasteiger partial charge in [-0.3, -0.25) is 9.59 Å². The highest BCUT2D eigenvalue weighted by Gasteiger charge is 2.32. The largest absolute Gasteiger partial charge is 0.493 e. The summed E-state index contributed by atoms with van der Waals surface area (Å²) in [4.78, 5) is 29.3. The molecule has 3 rings (SSSR count). The maximum absolute atomic E-state index is 14.0. The number of hydrogen-bond donors (Lipinski definition) is 0. The highest BCUT2D eigenvalue weighted by Crippen LogP contribution is 2.25. The lowest BCUT2D eigenvalue weighted by Gasteiger charge is -2.31. The summed E-state index contributed by atoms with van der Waals surface area (Å²) in [6.45, 7) is 3.24. The zero-order valence-electron chi connectivity index (χ0n) is 16.2. The number of hydrogen-bond acceptors (Lipinski definition) is 3. The van der Waals surface area contributed by atoms with Gasteiger partial charge in [0.1, 0.15) is 0 Å². The van der Waals surface area contributed by atoms with Crippen molar-refractivity contribution in [1.82, 2.24) is 9.80 Å². The molecule has 2 aromatic carbocycles. The first kappa shape index (κ1) is 19.9. The summed E-state index contributed by atoms with van der Waals surface area (Å²) in [6.07, 6.45) is 0.968. The first-order chi connectivity index (χ1) is 13.5. The van der Waals surface area contributed by atoms with Gasteiger partial charge in [0.25, 0.3) is 5.91 Å². The van der Waals surface area contributed by atoms with E-state index in [2.05, 4.69) is 0 Å². The molecule has 0 aromatic heterocycles. The van der Waals surface area contributed by atoms with E-state index < -0.39 is 5.82 Å². The minimum Gasteiger partial charge on any atom is -0.493 e. The molecule has 1 heterocycles. The van der Waals surface area contributed by atoms with E-state index in [0.717, 1.165) is 12.0 Å². The van der Waals surface area contributed by atoms with Crippen LogP contribution < -0.4 is 4.74 Å². The van der Waals surface area contributed by atoms with Gasteiger partial charge in [0.05, 0.1) is 12.7 Å². The third kappa shape index (κ3) is 4.16. The van der Waals surface area contributed by atoms with Gasteiger partial charge >= 0.3 is 0 Å². The van der Waals surface area contributed by atoms with E-state index in [4.69, 9.17) is 4.74 Å². The molecule has 0 spiro atoms. The predicted molar refractivity (Wildman–Crippen MR) is 105 cm³/mol. The highest BCUT2D eigenvalue weighted by atomic mass is 19.1. The van der Waals surface area contributed by atoms with E-state index in [9.17, 15) is 14.0 Å². The van der Waals surface area contributed by atoms with Crippen molar-refractivity contribution in [3.63, 3.8) is 0 Å². The van der Waals surface area contributed by atoms with Crippen LogP contribution in [0.2, 0.25) is 0 Å². The molecule has 0 aliphatic carbocycles. The number of benzene rings is 2. The number of amides is 2. The normalized spacial score (nSPS) is 17.4. The number of methoxy groups -OCH3 is 1. The molecule has 2 aromatic rings. The zero-order valence-corrected chi connectivity index (χ0v) is 16.2. The fraction of sp³-hybridized carbons (Fsp3) is 0.364. The molecular weight excluding hydrogens is 359 g/mol. The lowest BCUT2D eigenvalue weighted by Crippen LogP contribution is -2.43. The average molecular weight is 384 g/mol. The number of ether oxygens (including phenoxy) is 1. The van der Waals surface area contributed by atoms with Gasteiger partial charge in [-0.15, -0.1) is 0 Å². The molecule has 6 heteroatoms. The molecule has 1 aliphatic rings. The van der Waals surface area contributed by atoms with Gasteiger partial charge in [-0.2, -0.15) is 0 Å². The van der Waals surface area contributed by atoms with Crippen LogP contribution in [0.25, 0.3) is 0 Å². The van der Waals surface area contributed by atoms with Gasteiger partial charge in [0.15, 0.2) is 11.6 Å². The number of carbonyl (C=O) groups excluding carboxylic acids is 2. The fourth-order valence-corrected chi connectivity index (χ4v) is 3.61. The van der Waals surface area contributed by atoms with Gasteiger partial charge in [0.2, 0.25) is 5.91 Å². The number of carbonyl (C=O) groups is 2. The monoisotopic (exact) mass is 384 g/mol. The molecule has 148 valence electrons. The standard InChI is InChI=1S/C22H25FN2O3/c1-3-17-15-24(22(27)18-10-7-11-19(23)21(18)28-2)13-12-20(26)25(17)14-16-8-5-4-6-9-16/h4-11,17H,3,12-15H2,1-2H3. The maximum atomic E-state index is 14.0. The van der Waals surface area contributed by atoms with Crippen molar-refractivity contribution in [3.05, 3.63) is 65.5 Å². The van der Waals surface area contributed by atoms with Crippen LogP contribution in [0.1, 0.15) is 35.7 Å². The molecule has 1 aliphatic heterocycles. The molecule has 1 fully saturated rings. The third-order valence-electron chi connectivity index (χ3n) is 5.14. The quantitative estimate of drug-likeness (QED) is 0.793. The summed E-state index contributed by atoms with van der Waals surface area (Å²) in [5, 5.41) is 0. The molecule has 0 saturated carbocycles. The van der Waals surface area contributed by atoms with E-state index in [1.807, 2.05) is 42.2 Å². The van der Waals surface area contributed by atoms with Crippen molar-refractivity contribution in [2.75, 3.05) is 20.2 Å². The van der Waals surface area contributed by atoms with Crippen LogP contribution in [0.4, 0.5) is 4.39 Å². The Bertz CT molecular complexity index is 841. The smallest absolute Gasteiger partial charge is 0.257 e. The van der Waals surface area contributed by atoms with Crippen molar-refractivity contribution in [3.8, 4) is 5.75 Å². The van der Waals surface area contributed by atoms with Gasteiger partial charge in [0, 0.05) is 32.1 Å². The van der Waals surface area contributed by atoms with Crippen LogP contribution >= 0.6 is 0 Å². The van der Waals surface area contributed by atoms with Crippen molar-refractivity contribution >= 4 is 11.8 Å². The Balaban J connectivity index is 1.83. The van der Waals surface area contributed by atoms with Crippen LogP contribution in [0.3, 0.4) is 0 Å². The van der Waals surface area contributed by atoms with Crippen molar-refractivity contribution in [1.29, 1.82) is 0 Å². The summed E-state index contributed by atoms with van der Waals surface area (Å²) in [7, 11) is 1.34. The molecule has 0 N–H and O–H groups in total. The van der Waals surface area contributed by atoms with Gasteiger partial charge < -0.3 is 14.5 Å². The van der Waals surface area contributed by atoms with E-state index in [-0.39, 0.29) is 35.6 Å². The van der Waals surface area contributed by atoms with Gasteiger partial charge in [-0.05, 0) is 24.1 Å². The Morgan fingerprint density at radius 1 is 1.18 bits per heavy atom. The van der Waals surface area contributed by atoms with Crippen molar-refractivity contribution in [2.45, 2.75) is 32.4 Å². The summed E-state index contributed by atoms with van der Waals surface area (Å²) in [6, 6.07) is 14.0. The number of halogens is 1. The van der Waals surface area contributed by atoms with Crippen molar-refractivity contribution < 1.29 is 18.7 Å². The lowest BCUT2D eigenvalue weighted by molar-refractivity contribution is -0.133. The van der Waals surface area contributed by atoms with Crippen LogP contribution in [0.5, 0.6) is 5.75 Å². The Labute approximate surface area is 164 Å². The maximum Gasteiger partial charge on any atom is 0.257 e. The molecule has 5 nitrogen and oxygen atoms in total. The molecule has 1 unspecified atom stereocenters. The fourth-order valence-electron chi connectivity index (χ4n) is 3.61. The Hall–Kier alpha value is -2.89. The van der Waals surface area contributed by atoms with Crippen LogP contribution in [-0.2, 0) is 11.3 Å². The van der Waals surface area contributed by atoms with Crippen LogP contribution in [-0.4, -0.2) is 47.9 Å². The Morgan fingerprint density at radius 2 is 1.93 bits per heavy atom.